The number of primary amides is 1. The summed E-state index contributed by atoms with van der Waals surface area (Å²) < 4.78 is 0. The fourth-order valence-electron chi connectivity index (χ4n) is 2.91. The Labute approximate surface area is 217 Å². The van der Waals surface area contributed by atoms with Crippen LogP contribution in [0.3, 0.4) is 0 Å². The van der Waals surface area contributed by atoms with Gasteiger partial charge in [0.05, 0.1) is 12.5 Å². The van der Waals surface area contributed by atoms with Gasteiger partial charge in [-0.25, -0.2) is 4.79 Å². The van der Waals surface area contributed by atoms with Gasteiger partial charge in [0, 0.05) is 13.0 Å². The molecule has 37 heavy (non-hydrogen) atoms. The summed E-state index contributed by atoms with van der Waals surface area (Å²) in [4.78, 5) is 75.8. The van der Waals surface area contributed by atoms with Crippen molar-refractivity contribution >= 4 is 53.3 Å². The van der Waals surface area contributed by atoms with Crippen molar-refractivity contribution in [1.29, 1.82) is 0 Å². The number of thioether (sulfide) groups is 1. The van der Waals surface area contributed by atoms with Crippen LogP contribution in [0.2, 0.25) is 0 Å². The molecule has 0 saturated heterocycles. The van der Waals surface area contributed by atoms with E-state index in [1.54, 1.807) is 0 Å². The predicted molar refractivity (Wildman–Crippen MR) is 135 cm³/mol. The van der Waals surface area contributed by atoms with E-state index in [1.165, 1.54) is 11.8 Å². The highest BCUT2D eigenvalue weighted by atomic mass is 32.2. The number of carboxylic acid groups (broad SMARTS) is 2. The first kappa shape index (κ1) is 33.4. The zero-order valence-corrected chi connectivity index (χ0v) is 21.3. The Morgan fingerprint density at radius 1 is 0.838 bits per heavy atom. The van der Waals surface area contributed by atoms with Crippen LogP contribution in [0, 0.1) is 0 Å². The van der Waals surface area contributed by atoms with Crippen LogP contribution in [0.4, 0.5) is 0 Å². The fraction of sp³-hybridized carbons (Fsp3) is 0.650. The van der Waals surface area contributed by atoms with Crippen LogP contribution in [0.25, 0.3) is 0 Å². The number of nitrogens with one attached hydrogen (secondary N) is 3. The van der Waals surface area contributed by atoms with Crippen molar-refractivity contribution < 1.29 is 39.0 Å². The van der Waals surface area contributed by atoms with E-state index >= 15 is 0 Å². The van der Waals surface area contributed by atoms with E-state index in [1.807, 2.05) is 6.26 Å². The molecule has 4 unspecified atom stereocenters. The van der Waals surface area contributed by atoms with Gasteiger partial charge in [-0.2, -0.15) is 11.8 Å². The Balaban J connectivity index is 5.51. The average Bonchev–Trinajstić information content (AvgIpc) is 2.80. The van der Waals surface area contributed by atoms with Crippen LogP contribution in [0.15, 0.2) is 4.99 Å². The normalized spacial score (nSPS) is 13.8. The molecule has 0 saturated carbocycles. The van der Waals surface area contributed by atoms with Gasteiger partial charge in [0.25, 0.3) is 0 Å². The second kappa shape index (κ2) is 17.8. The van der Waals surface area contributed by atoms with E-state index in [0.717, 1.165) is 0 Å². The van der Waals surface area contributed by atoms with Crippen LogP contribution in [0.1, 0.15) is 38.5 Å². The largest absolute Gasteiger partial charge is 0.481 e. The summed E-state index contributed by atoms with van der Waals surface area (Å²) in [5.41, 5.74) is 21.4. The third-order valence-corrected chi connectivity index (χ3v) is 5.49. The molecule has 0 aliphatic rings. The predicted octanol–water partition coefficient (Wildman–Crippen LogP) is -3.60. The SMILES string of the molecule is CSCCC(N)C(=O)NC(CCC(=O)O)C(=O)NC(CC(N)=O)C(=O)NC(CCCN=C(N)N)C(=O)O. The van der Waals surface area contributed by atoms with Gasteiger partial charge < -0.3 is 49.1 Å². The lowest BCUT2D eigenvalue weighted by Crippen LogP contribution is -2.57. The maximum Gasteiger partial charge on any atom is 0.326 e. The van der Waals surface area contributed by atoms with Crippen LogP contribution in [0.5, 0.6) is 0 Å². The summed E-state index contributed by atoms with van der Waals surface area (Å²) in [6.45, 7) is 0.105. The quantitative estimate of drug-likeness (QED) is 0.0429. The molecule has 4 amide bonds. The molecule has 0 fully saturated rings. The first-order chi connectivity index (χ1) is 17.3. The molecule has 0 aliphatic heterocycles. The lowest BCUT2D eigenvalue weighted by Gasteiger charge is -2.24. The maximum atomic E-state index is 12.9. The summed E-state index contributed by atoms with van der Waals surface area (Å²) in [7, 11) is 0. The number of aliphatic carboxylic acids is 2. The molecule has 0 bridgehead atoms. The molecular weight excluding hydrogens is 512 g/mol. The lowest BCUT2D eigenvalue weighted by atomic mass is 10.1. The van der Waals surface area contributed by atoms with E-state index in [4.69, 9.17) is 28.0 Å². The summed E-state index contributed by atoms with van der Waals surface area (Å²) in [5.74, 6) is -5.93. The molecule has 0 aromatic carbocycles. The van der Waals surface area contributed by atoms with Crippen LogP contribution in [-0.2, 0) is 28.8 Å². The van der Waals surface area contributed by atoms with Gasteiger partial charge in [-0.15, -0.1) is 0 Å². The summed E-state index contributed by atoms with van der Waals surface area (Å²) >= 11 is 1.45. The Morgan fingerprint density at radius 2 is 1.41 bits per heavy atom. The van der Waals surface area contributed by atoms with Gasteiger partial charge in [0.15, 0.2) is 5.96 Å². The van der Waals surface area contributed by atoms with Crippen molar-refractivity contribution in [3.63, 3.8) is 0 Å². The minimum absolute atomic E-state index is 0.0691. The van der Waals surface area contributed by atoms with E-state index in [0.29, 0.717) is 12.2 Å². The maximum absolute atomic E-state index is 12.9. The number of guanidine groups is 1. The number of carbonyl (C=O) groups is 6. The molecule has 0 spiro atoms. The molecule has 4 atom stereocenters. The van der Waals surface area contributed by atoms with Gasteiger partial charge >= 0.3 is 11.9 Å². The van der Waals surface area contributed by atoms with Gasteiger partial charge in [-0.3, -0.25) is 29.0 Å². The Kier molecular flexibility index (Phi) is 16.0. The van der Waals surface area contributed by atoms with Crippen molar-refractivity contribution in [2.45, 2.75) is 62.7 Å². The monoisotopic (exact) mass is 548 g/mol. The molecule has 17 heteroatoms. The Morgan fingerprint density at radius 3 is 1.92 bits per heavy atom. The number of hydrogen-bond acceptors (Lipinski definition) is 9. The first-order valence-corrected chi connectivity index (χ1v) is 12.6. The third-order valence-electron chi connectivity index (χ3n) is 4.85. The second-order valence-corrected chi connectivity index (χ2v) is 8.95. The highest BCUT2D eigenvalue weighted by Crippen LogP contribution is 2.05. The molecule has 0 radical (unpaired) electrons. The minimum Gasteiger partial charge on any atom is -0.481 e. The van der Waals surface area contributed by atoms with Crippen LogP contribution >= 0.6 is 11.8 Å². The van der Waals surface area contributed by atoms with E-state index in [9.17, 15) is 33.9 Å². The van der Waals surface area contributed by atoms with E-state index in [2.05, 4.69) is 20.9 Å². The third kappa shape index (κ3) is 15.2. The number of carbonyl (C=O) groups excluding carboxylic acids is 4. The number of rotatable bonds is 19. The molecule has 0 aromatic heterocycles. The Hall–Kier alpha value is -3.60. The smallest absolute Gasteiger partial charge is 0.326 e. The molecule has 0 aliphatic carbocycles. The number of hydrogen-bond donors (Lipinski definition) is 9. The molecule has 0 aromatic rings. The summed E-state index contributed by atoms with van der Waals surface area (Å²) in [6, 6.07) is -5.36. The fourth-order valence-corrected chi connectivity index (χ4v) is 3.40. The van der Waals surface area contributed by atoms with Crippen molar-refractivity contribution in [3.8, 4) is 0 Å². The number of carboxylic acids is 2. The van der Waals surface area contributed by atoms with Crippen LogP contribution in [-0.4, -0.2) is 94.5 Å². The van der Waals surface area contributed by atoms with Crippen LogP contribution < -0.4 is 38.9 Å². The number of nitrogens with zero attached hydrogens (tertiary/aromatic N) is 1. The molecule has 0 heterocycles. The zero-order valence-electron chi connectivity index (χ0n) is 20.5. The zero-order chi connectivity index (χ0) is 28.5. The average molecular weight is 549 g/mol. The summed E-state index contributed by atoms with van der Waals surface area (Å²) in [5, 5.41) is 25.2. The van der Waals surface area contributed by atoms with Crippen molar-refractivity contribution in [2.75, 3.05) is 18.6 Å². The van der Waals surface area contributed by atoms with Gasteiger partial charge in [0.1, 0.15) is 18.1 Å². The molecule has 16 nitrogen and oxygen atoms in total. The lowest BCUT2D eigenvalue weighted by molar-refractivity contribution is -0.142. The first-order valence-electron chi connectivity index (χ1n) is 11.2. The van der Waals surface area contributed by atoms with Crippen molar-refractivity contribution in [1.82, 2.24) is 16.0 Å². The number of nitrogens with two attached hydrogens (primary N) is 4. The highest BCUT2D eigenvalue weighted by molar-refractivity contribution is 7.98. The number of aliphatic imine (C=N–C) groups is 1. The highest BCUT2D eigenvalue weighted by Gasteiger charge is 2.31. The van der Waals surface area contributed by atoms with Gasteiger partial charge in [-0.05, 0) is 37.7 Å². The van der Waals surface area contributed by atoms with Gasteiger partial charge in [-0.1, -0.05) is 0 Å². The van der Waals surface area contributed by atoms with Crippen molar-refractivity contribution in [3.05, 3.63) is 0 Å². The van der Waals surface area contributed by atoms with E-state index < -0.39 is 72.6 Å². The molecular formula is C20H36N8O8S. The molecule has 210 valence electrons. The van der Waals surface area contributed by atoms with Gasteiger partial charge in [0.2, 0.25) is 23.6 Å². The standard InChI is InChI=1S/C20H36N8O8S/c1-37-8-6-10(21)16(32)26-11(4-5-15(30)31)17(33)28-13(9-14(22)29)18(34)27-12(19(35)36)3-2-7-25-20(23)24/h10-13H,2-9,21H2,1H3,(H2,22,29)(H,26,32)(H,27,34)(H,28,33)(H,30,31)(H,35,36)(H4,23,24,25). The molecule has 13 N–H and O–H groups in total. The minimum atomic E-state index is -1.60. The number of amides is 4. The summed E-state index contributed by atoms with van der Waals surface area (Å²) in [6.07, 6.45) is 0.716. The topological polar surface area (TPSA) is 295 Å². The second-order valence-electron chi connectivity index (χ2n) is 7.96. The van der Waals surface area contributed by atoms with E-state index in [-0.39, 0.29) is 31.8 Å². The van der Waals surface area contributed by atoms with Crippen molar-refractivity contribution in [2.24, 2.45) is 27.9 Å². The Bertz CT molecular complexity index is 852. The molecule has 0 rings (SSSR count).